The zero-order valence-electron chi connectivity index (χ0n) is 12.2. The molecule has 0 spiro atoms. The third-order valence-electron chi connectivity index (χ3n) is 3.92. The molecule has 0 aromatic rings. The van der Waals surface area contributed by atoms with E-state index >= 15 is 0 Å². The van der Waals surface area contributed by atoms with E-state index in [4.69, 9.17) is 4.74 Å². The van der Waals surface area contributed by atoms with Gasteiger partial charge in [-0.1, -0.05) is 6.92 Å². The van der Waals surface area contributed by atoms with Gasteiger partial charge in [-0.2, -0.15) is 0 Å². The third kappa shape index (κ3) is 4.45. The van der Waals surface area contributed by atoms with E-state index in [1.807, 2.05) is 0 Å². The summed E-state index contributed by atoms with van der Waals surface area (Å²) < 4.78 is 5.58. The van der Waals surface area contributed by atoms with Crippen LogP contribution in [0.1, 0.15) is 32.6 Å². The minimum absolute atomic E-state index is 0.0516. The van der Waals surface area contributed by atoms with E-state index < -0.39 is 0 Å². The van der Waals surface area contributed by atoms with Gasteiger partial charge in [-0.25, -0.2) is 0 Å². The van der Waals surface area contributed by atoms with E-state index in [-0.39, 0.29) is 24.0 Å². The zero-order chi connectivity index (χ0) is 14.4. The molecule has 0 radical (unpaired) electrons. The molecule has 20 heavy (non-hydrogen) atoms. The first-order valence-electron chi connectivity index (χ1n) is 7.60. The molecule has 2 N–H and O–H groups in total. The van der Waals surface area contributed by atoms with Crippen LogP contribution >= 0.6 is 0 Å². The van der Waals surface area contributed by atoms with Crippen molar-refractivity contribution >= 4 is 11.8 Å². The number of nitrogens with one attached hydrogen (secondary N) is 2. The Morgan fingerprint density at radius 2 is 2.35 bits per heavy atom. The fraction of sp³-hybridized carbons (Fsp3) is 0.857. The van der Waals surface area contributed by atoms with Crippen LogP contribution in [0.4, 0.5) is 0 Å². The molecule has 2 aliphatic rings. The molecule has 0 unspecified atom stereocenters. The molecule has 114 valence electrons. The highest BCUT2D eigenvalue weighted by Crippen LogP contribution is 2.08. The van der Waals surface area contributed by atoms with Crippen molar-refractivity contribution in [1.29, 1.82) is 0 Å². The van der Waals surface area contributed by atoms with Crippen LogP contribution in [0, 0.1) is 0 Å². The monoisotopic (exact) mass is 283 g/mol. The molecule has 0 aliphatic carbocycles. The van der Waals surface area contributed by atoms with Gasteiger partial charge >= 0.3 is 0 Å². The Morgan fingerprint density at radius 3 is 3.15 bits per heavy atom. The number of rotatable bonds is 4. The fourth-order valence-electron chi connectivity index (χ4n) is 2.69. The number of carbonyl (C=O) groups excluding carboxylic acids is 2. The predicted molar refractivity (Wildman–Crippen MR) is 75.3 cm³/mol. The Morgan fingerprint density at radius 1 is 1.50 bits per heavy atom. The lowest BCUT2D eigenvalue weighted by Crippen LogP contribution is -2.51. The Bertz CT molecular complexity index is 349. The molecule has 0 saturated carbocycles. The molecule has 2 fully saturated rings. The zero-order valence-corrected chi connectivity index (χ0v) is 12.2. The van der Waals surface area contributed by atoms with Gasteiger partial charge in [-0.15, -0.1) is 0 Å². The molecule has 2 aliphatic heterocycles. The molecule has 2 rings (SSSR count). The average molecular weight is 283 g/mol. The molecular weight excluding hydrogens is 258 g/mol. The summed E-state index contributed by atoms with van der Waals surface area (Å²) in [5.41, 5.74) is 0. The highest BCUT2D eigenvalue weighted by atomic mass is 16.5. The summed E-state index contributed by atoms with van der Waals surface area (Å²) in [4.78, 5) is 25.9. The molecule has 0 aromatic heterocycles. The van der Waals surface area contributed by atoms with E-state index in [0.717, 1.165) is 38.8 Å². The number of hydrogen-bond donors (Lipinski definition) is 2. The Hall–Kier alpha value is -1.14. The van der Waals surface area contributed by atoms with Gasteiger partial charge in [0.2, 0.25) is 11.8 Å². The maximum atomic E-state index is 12.1. The second-order valence-corrected chi connectivity index (χ2v) is 5.54. The summed E-state index contributed by atoms with van der Waals surface area (Å²) in [6.45, 7) is 5.40. The maximum Gasteiger partial charge on any atom is 0.242 e. The van der Waals surface area contributed by atoms with E-state index in [1.165, 1.54) is 0 Å². The molecule has 2 heterocycles. The number of nitrogens with zero attached hydrogens (tertiary/aromatic N) is 1. The van der Waals surface area contributed by atoms with Crippen LogP contribution in [0.15, 0.2) is 0 Å². The summed E-state index contributed by atoms with van der Waals surface area (Å²) >= 11 is 0. The van der Waals surface area contributed by atoms with Crippen molar-refractivity contribution in [3.8, 4) is 0 Å². The van der Waals surface area contributed by atoms with Crippen molar-refractivity contribution < 1.29 is 14.3 Å². The van der Waals surface area contributed by atoms with Gasteiger partial charge < -0.3 is 15.4 Å². The van der Waals surface area contributed by atoms with Crippen LogP contribution < -0.4 is 10.6 Å². The topological polar surface area (TPSA) is 70.7 Å². The molecule has 6 nitrogen and oxygen atoms in total. The molecule has 2 atom stereocenters. The lowest BCUT2D eigenvalue weighted by Gasteiger charge is -2.32. The van der Waals surface area contributed by atoms with E-state index in [0.29, 0.717) is 19.7 Å². The summed E-state index contributed by atoms with van der Waals surface area (Å²) in [6.07, 6.45) is 3.87. The third-order valence-corrected chi connectivity index (χ3v) is 3.92. The number of ether oxygens (including phenoxy) is 1. The number of morpholine rings is 1. The van der Waals surface area contributed by atoms with E-state index in [9.17, 15) is 9.59 Å². The van der Waals surface area contributed by atoms with Crippen molar-refractivity contribution in [2.24, 2.45) is 0 Å². The van der Waals surface area contributed by atoms with Crippen LogP contribution in [-0.2, 0) is 14.3 Å². The lowest BCUT2D eigenvalue weighted by molar-refractivity contribution is -0.130. The normalized spacial score (nSPS) is 28.6. The van der Waals surface area contributed by atoms with Crippen molar-refractivity contribution in [1.82, 2.24) is 15.5 Å². The van der Waals surface area contributed by atoms with Crippen LogP contribution in [0.2, 0.25) is 0 Å². The van der Waals surface area contributed by atoms with Gasteiger partial charge in [0.1, 0.15) is 6.04 Å². The first kappa shape index (κ1) is 15.3. The van der Waals surface area contributed by atoms with Crippen molar-refractivity contribution in [2.45, 2.75) is 44.8 Å². The fourth-order valence-corrected chi connectivity index (χ4v) is 2.69. The van der Waals surface area contributed by atoms with Crippen molar-refractivity contribution in [3.63, 3.8) is 0 Å². The Labute approximate surface area is 120 Å². The average Bonchev–Trinajstić information content (AvgIpc) is 2.64. The van der Waals surface area contributed by atoms with Gasteiger partial charge in [0.05, 0.1) is 19.3 Å². The Kier molecular flexibility index (Phi) is 5.79. The summed E-state index contributed by atoms with van der Waals surface area (Å²) in [5.74, 6) is -0.118. The number of amides is 2. The second-order valence-electron chi connectivity index (χ2n) is 5.54. The largest absolute Gasteiger partial charge is 0.376 e. The van der Waals surface area contributed by atoms with Crippen LogP contribution in [0.3, 0.4) is 0 Å². The molecule has 6 heteroatoms. The molecule has 2 amide bonds. The van der Waals surface area contributed by atoms with Crippen LogP contribution in [-0.4, -0.2) is 61.6 Å². The number of hydrogen-bond acceptors (Lipinski definition) is 4. The van der Waals surface area contributed by atoms with Crippen molar-refractivity contribution in [2.75, 3.05) is 32.8 Å². The first-order chi connectivity index (χ1) is 9.69. The van der Waals surface area contributed by atoms with Gasteiger partial charge in [-0.05, 0) is 25.7 Å². The minimum atomic E-state index is -0.368. The number of carbonyl (C=O) groups is 2. The standard InChI is InChI=1S/C14H25N3O3/c1-2-11-9-17(7-8-20-11)10-13(18)16-12-5-3-4-6-15-14(12)19/h11-12H,2-10H2,1H3,(H,15,19)(H,16,18)/t11-,12-/m1/s1. The van der Waals surface area contributed by atoms with E-state index in [1.54, 1.807) is 0 Å². The molecule has 2 saturated heterocycles. The molecule has 0 bridgehead atoms. The van der Waals surface area contributed by atoms with Gasteiger partial charge in [0.25, 0.3) is 0 Å². The second kappa shape index (κ2) is 7.59. The highest BCUT2D eigenvalue weighted by molar-refractivity contribution is 5.88. The van der Waals surface area contributed by atoms with Gasteiger partial charge in [-0.3, -0.25) is 14.5 Å². The molecule has 0 aromatic carbocycles. The lowest BCUT2D eigenvalue weighted by atomic mass is 10.1. The Balaban J connectivity index is 1.77. The minimum Gasteiger partial charge on any atom is -0.376 e. The van der Waals surface area contributed by atoms with E-state index in [2.05, 4.69) is 22.5 Å². The van der Waals surface area contributed by atoms with Crippen molar-refractivity contribution in [3.05, 3.63) is 0 Å². The predicted octanol–water partition coefficient (Wildman–Crippen LogP) is -0.118. The quantitative estimate of drug-likeness (QED) is 0.755. The maximum absolute atomic E-state index is 12.1. The molecular formula is C14H25N3O3. The summed E-state index contributed by atoms with van der Waals surface area (Å²) in [7, 11) is 0. The van der Waals surface area contributed by atoms with Gasteiger partial charge in [0, 0.05) is 19.6 Å². The summed E-state index contributed by atoms with van der Waals surface area (Å²) in [6, 6.07) is -0.368. The first-order valence-corrected chi connectivity index (χ1v) is 7.60. The smallest absolute Gasteiger partial charge is 0.242 e. The SMILES string of the molecule is CC[C@@H]1CN(CC(=O)N[C@@H]2CCCCNC2=O)CCO1. The van der Waals surface area contributed by atoms with Gasteiger partial charge in [0.15, 0.2) is 0 Å². The van der Waals surface area contributed by atoms with Crippen LogP contribution in [0.5, 0.6) is 0 Å². The summed E-state index contributed by atoms with van der Waals surface area (Å²) in [5, 5.41) is 5.69. The van der Waals surface area contributed by atoms with Crippen LogP contribution in [0.25, 0.3) is 0 Å². The highest BCUT2D eigenvalue weighted by Gasteiger charge is 2.25.